The zero-order chi connectivity index (χ0) is 25.1. The maximum atomic E-state index is 13.3. The van der Waals surface area contributed by atoms with E-state index in [9.17, 15) is 14.7 Å². The largest absolute Gasteiger partial charge is 0.508 e. The Bertz CT molecular complexity index is 1620. The second-order valence-corrected chi connectivity index (χ2v) is 7.82. The van der Waals surface area contributed by atoms with Crippen LogP contribution in [0.25, 0.3) is 34.1 Å². The SMILES string of the molecule is CCc1cc2c(COC(=O)/C(=C\c3ccco3)n3nnnc3-c3ccccc3)cc(=O)oc2cc1O. The van der Waals surface area contributed by atoms with E-state index in [0.717, 1.165) is 0 Å². The van der Waals surface area contributed by atoms with E-state index >= 15 is 0 Å². The lowest BCUT2D eigenvalue weighted by Crippen LogP contribution is -2.15. The van der Waals surface area contributed by atoms with Crippen molar-refractivity contribution in [3.05, 3.63) is 94.2 Å². The number of nitrogens with zero attached hydrogens (tertiary/aromatic N) is 4. The van der Waals surface area contributed by atoms with Crippen LogP contribution in [-0.2, 0) is 22.6 Å². The fourth-order valence-corrected chi connectivity index (χ4v) is 3.76. The molecule has 0 radical (unpaired) electrons. The number of furan rings is 1. The Morgan fingerprint density at radius 3 is 2.69 bits per heavy atom. The minimum Gasteiger partial charge on any atom is -0.508 e. The summed E-state index contributed by atoms with van der Waals surface area (Å²) < 4.78 is 17.5. The highest BCUT2D eigenvalue weighted by Gasteiger charge is 2.22. The van der Waals surface area contributed by atoms with E-state index in [4.69, 9.17) is 13.6 Å². The summed E-state index contributed by atoms with van der Waals surface area (Å²) in [4.78, 5) is 25.4. The number of benzene rings is 2. The van der Waals surface area contributed by atoms with Crippen LogP contribution in [0.15, 0.2) is 80.6 Å². The topological polar surface area (TPSA) is 133 Å². The van der Waals surface area contributed by atoms with Crippen LogP contribution in [0.4, 0.5) is 0 Å². The maximum absolute atomic E-state index is 13.3. The average Bonchev–Trinajstić information content (AvgIpc) is 3.58. The summed E-state index contributed by atoms with van der Waals surface area (Å²) in [6.07, 6.45) is 3.51. The number of phenolic OH excluding ortho intramolecular Hbond substituents is 1. The highest BCUT2D eigenvalue weighted by molar-refractivity contribution is 6.15. The molecule has 0 unspecified atom stereocenters. The molecule has 3 aromatic heterocycles. The van der Waals surface area contributed by atoms with Crippen LogP contribution in [0.3, 0.4) is 0 Å². The van der Waals surface area contributed by atoms with Gasteiger partial charge in [-0.15, -0.1) is 5.10 Å². The molecule has 5 rings (SSSR count). The number of hydrogen-bond acceptors (Lipinski definition) is 9. The van der Waals surface area contributed by atoms with Crippen molar-refractivity contribution in [2.45, 2.75) is 20.0 Å². The molecule has 180 valence electrons. The monoisotopic (exact) mass is 484 g/mol. The first-order chi connectivity index (χ1) is 17.5. The predicted molar refractivity (Wildman–Crippen MR) is 129 cm³/mol. The molecule has 0 fully saturated rings. The van der Waals surface area contributed by atoms with Gasteiger partial charge in [0.2, 0.25) is 0 Å². The molecule has 36 heavy (non-hydrogen) atoms. The molecule has 0 amide bonds. The Morgan fingerprint density at radius 2 is 1.94 bits per heavy atom. The normalized spacial score (nSPS) is 11.6. The van der Waals surface area contributed by atoms with E-state index in [0.29, 0.717) is 40.1 Å². The van der Waals surface area contributed by atoms with Gasteiger partial charge in [0.25, 0.3) is 0 Å². The number of ether oxygens (including phenoxy) is 1. The Balaban J connectivity index is 1.51. The molecule has 0 aliphatic carbocycles. The summed E-state index contributed by atoms with van der Waals surface area (Å²) in [6, 6.07) is 16.9. The van der Waals surface area contributed by atoms with Crippen LogP contribution >= 0.6 is 0 Å². The number of aryl methyl sites for hydroxylation is 1. The van der Waals surface area contributed by atoms with Gasteiger partial charge in [0.15, 0.2) is 11.5 Å². The third kappa shape index (κ3) is 4.51. The van der Waals surface area contributed by atoms with Gasteiger partial charge < -0.3 is 18.7 Å². The van der Waals surface area contributed by atoms with E-state index in [1.807, 2.05) is 37.3 Å². The highest BCUT2D eigenvalue weighted by Crippen LogP contribution is 2.28. The number of rotatable bonds is 7. The summed E-state index contributed by atoms with van der Waals surface area (Å²) in [5, 5.41) is 22.5. The Hall–Kier alpha value is -4.99. The van der Waals surface area contributed by atoms with E-state index in [1.54, 1.807) is 18.2 Å². The molecule has 0 aliphatic rings. The molecule has 0 atom stereocenters. The van der Waals surface area contributed by atoms with Crippen molar-refractivity contribution in [2.75, 3.05) is 0 Å². The number of aromatic hydroxyl groups is 1. The van der Waals surface area contributed by atoms with Crippen LogP contribution in [0.1, 0.15) is 23.8 Å². The van der Waals surface area contributed by atoms with Crippen molar-refractivity contribution in [1.82, 2.24) is 20.2 Å². The second kappa shape index (κ2) is 9.71. The summed E-state index contributed by atoms with van der Waals surface area (Å²) in [7, 11) is 0. The zero-order valence-corrected chi connectivity index (χ0v) is 19.1. The summed E-state index contributed by atoms with van der Waals surface area (Å²) >= 11 is 0. The van der Waals surface area contributed by atoms with Crippen molar-refractivity contribution < 1.29 is 23.5 Å². The van der Waals surface area contributed by atoms with Gasteiger partial charge in [-0.3, -0.25) is 0 Å². The molecule has 3 heterocycles. The lowest BCUT2D eigenvalue weighted by atomic mass is 10.0. The van der Waals surface area contributed by atoms with Crippen LogP contribution in [0.2, 0.25) is 0 Å². The summed E-state index contributed by atoms with van der Waals surface area (Å²) in [6.45, 7) is 1.66. The van der Waals surface area contributed by atoms with E-state index in [-0.39, 0.29) is 23.6 Å². The van der Waals surface area contributed by atoms with Crippen molar-refractivity contribution in [1.29, 1.82) is 0 Å². The third-order valence-electron chi connectivity index (χ3n) is 5.53. The first-order valence-electron chi connectivity index (χ1n) is 11.1. The van der Waals surface area contributed by atoms with Crippen LogP contribution in [-0.4, -0.2) is 31.3 Å². The Labute approximate surface area is 204 Å². The third-order valence-corrected chi connectivity index (χ3v) is 5.53. The molecule has 1 N–H and O–H groups in total. The van der Waals surface area contributed by atoms with Gasteiger partial charge in [-0.1, -0.05) is 37.3 Å². The molecule has 5 aromatic rings. The number of tetrazole rings is 1. The minimum absolute atomic E-state index is 0.00738. The Kier molecular flexibility index (Phi) is 6.14. The number of phenols is 1. The number of aromatic nitrogens is 4. The molecule has 10 nitrogen and oxygen atoms in total. The van der Waals surface area contributed by atoms with Gasteiger partial charge in [0.05, 0.1) is 6.26 Å². The molecule has 0 bridgehead atoms. The van der Waals surface area contributed by atoms with E-state index in [2.05, 4.69) is 15.5 Å². The van der Waals surface area contributed by atoms with Crippen LogP contribution in [0, 0.1) is 0 Å². The first-order valence-corrected chi connectivity index (χ1v) is 11.1. The number of esters is 1. The van der Waals surface area contributed by atoms with E-state index < -0.39 is 11.6 Å². The number of carbonyl (C=O) groups is 1. The minimum atomic E-state index is -0.744. The lowest BCUT2D eigenvalue weighted by molar-refractivity contribution is -0.138. The van der Waals surface area contributed by atoms with Crippen molar-refractivity contribution in [2.24, 2.45) is 0 Å². The van der Waals surface area contributed by atoms with Gasteiger partial charge in [0, 0.05) is 34.7 Å². The quantitative estimate of drug-likeness (QED) is 0.206. The molecule has 0 aliphatic heterocycles. The van der Waals surface area contributed by atoms with Crippen LogP contribution < -0.4 is 5.63 Å². The van der Waals surface area contributed by atoms with Crippen molar-refractivity contribution in [3.8, 4) is 17.1 Å². The van der Waals surface area contributed by atoms with E-state index in [1.165, 1.54) is 29.2 Å². The fraction of sp³-hybridized carbons (Fsp3) is 0.115. The molecule has 0 saturated carbocycles. The van der Waals surface area contributed by atoms with Gasteiger partial charge in [-0.2, -0.15) is 4.68 Å². The van der Waals surface area contributed by atoms with Crippen molar-refractivity contribution in [3.63, 3.8) is 0 Å². The van der Waals surface area contributed by atoms with Gasteiger partial charge in [0.1, 0.15) is 23.7 Å². The predicted octanol–water partition coefficient (Wildman–Crippen LogP) is 4.05. The lowest BCUT2D eigenvalue weighted by Gasteiger charge is -2.11. The second-order valence-electron chi connectivity index (χ2n) is 7.82. The smallest absolute Gasteiger partial charge is 0.357 e. The standard InChI is InChI=1S/C26H20N4O6/c1-2-16-11-20-18(12-24(32)36-23(20)14-22(16)31)15-35-26(33)21(13-19-9-6-10-34-19)30-25(27-28-29-30)17-7-4-3-5-8-17/h3-14,31H,2,15H2,1H3/b21-13+. The molecule has 0 saturated heterocycles. The number of fused-ring (bicyclic) bond motifs is 1. The number of carbonyl (C=O) groups excluding carboxylic acids is 1. The molecule has 10 heteroatoms. The average molecular weight is 484 g/mol. The molecular formula is C26H20N4O6. The molecule has 0 spiro atoms. The fourth-order valence-electron chi connectivity index (χ4n) is 3.76. The molecular weight excluding hydrogens is 464 g/mol. The van der Waals surface area contributed by atoms with Crippen molar-refractivity contribution >= 4 is 28.7 Å². The zero-order valence-electron chi connectivity index (χ0n) is 19.1. The maximum Gasteiger partial charge on any atom is 0.357 e. The summed E-state index contributed by atoms with van der Waals surface area (Å²) in [5.41, 5.74) is 1.37. The van der Waals surface area contributed by atoms with Gasteiger partial charge in [-0.05, 0) is 40.6 Å². The highest BCUT2D eigenvalue weighted by atomic mass is 16.5. The molecule has 2 aromatic carbocycles. The first kappa shape index (κ1) is 22.8. The van der Waals surface area contributed by atoms with Gasteiger partial charge >= 0.3 is 11.6 Å². The van der Waals surface area contributed by atoms with Crippen LogP contribution in [0.5, 0.6) is 5.75 Å². The van der Waals surface area contributed by atoms with Gasteiger partial charge in [-0.25, -0.2) is 9.59 Å². The Morgan fingerprint density at radius 1 is 1.11 bits per heavy atom. The number of hydrogen-bond donors (Lipinski definition) is 1. The summed E-state index contributed by atoms with van der Waals surface area (Å²) in [5.74, 6) is 0.00871.